The van der Waals surface area contributed by atoms with Crippen molar-refractivity contribution >= 4 is 17.0 Å². The first-order valence-corrected chi connectivity index (χ1v) is 7.17. The van der Waals surface area contributed by atoms with E-state index in [4.69, 9.17) is 4.42 Å². The molecule has 4 nitrogen and oxygen atoms in total. The zero-order valence-electron chi connectivity index (χ0n) is 12.5. The summed E-state index contributed by atoms with van der Waals surface area (Å²) in [6.45, 7) is 4.81. The number of rotatable bonds is 5. The first kappa shape index (κ1) is 14.2. The van der Waals surface area contributed by atoms with Crippen LogP contribution in [0.3, 0.4) is 0 Å². The maximum Gasteiger partial charge on any atom is 0.271 e. The van der Waals surface area contributed by atoms with Crippen molar-refractivity contribution in [1.29, 1.82) is 0 Å². The monoisotopic (exact) mass is 294 g/mol. The fourth-order valence-corrected chi connectivity index (χ4v) is 2.60. The summed E-state index contributed by atoms with van der Waals surface area (Å²) >= 11 is 0. The molecular weight excluding hydrogens is 276 g/mol. The molecule has 0 unspecified atom stereocenters. The summed E-state index contributed by atoms with van der Waals surface area (Å²) in [6, 6.07) is 13.6. The second-order valence-electron chi connectivity index (χ2n) is 5.22. The Kier molecular flexibility index (Phi) is 3.83. The van der Waals surface area contributed by atoms with Gasteiger partial charge in [0, 0.05) is 32.3 Å². The fraction of sp³-hybridized carbons (Fsp3) is 0.167. The van der Waals surface area contributed by atoms with Gasteiger partial charge in [0.15, 0.2) is 5.58 Å². The van der Waals surface area contributed by atoms with E-state index in [0.29, 0.717) is 18.8 Å². The van der Waals surface area contributed by atoms with Gasteiger partial charge in [-0.1, -0.05) is 36.4 Å². The van der Waals surface area contributed by atoms with Crippen LogP contribution in [-0.2, 0) is 13.6 Å². The van der Waals surface area contributed by atoms with E-state index in [2.05, 4.69) is 6.58 Å². The molecule has 3 rings (SSSR count). The minimum Gasteiger partial charge on any atom is -0.463 e. The van der Waals surface area contributed by atoms with Gasteiger partial charge in [-0.15, -0.1) is 6.58 Å². The minimum atomic E-state index is -0.0300. The van der Waals surface area contributed by atoms with Crippen molar-refractivity contribution in [2.75, 3.05) is 6.54 Å². The molecule has 0 aliphatic carbocycles. The van der Waals surface area contributed by atoms with Crippen LogP contribution in [0.1, 0.15) is 16.1 Å². The van der Waals surface area contributed by atoms with Gasteiger partial charge in [0.2, 0.25) is 0 Å². The van der Waals surface area contributed by atoms with E-state index in [0.717, 1.165) is 16.7 Å². The summed E-state index contributed by atoms with van der Waals surface area (Å²) in [5.74, 6) is -0.0300. The number of amides is 1. The summed E-state index contributed by atoms with van der Waals surface area (Å²) in [7, 11) is 1.87. The van der Waals surface area contributed by atoms with E-state index in [1.165, 1.54) is 0 Å². The topological polar surface area (TPSA) is 38.4 Å². The van der Waals surface area contributed by atoms with Gasteiger partial charge in [0.05, 0.1) is 11.8 Å². The minimum absolute atomic E-state index is 0.0300. The van der Waals surface area contributed by atoms with Crippen LogP contribution in [0, 0.1) is 0 Å². The van der Waals surface area contributed by atoms with Gasteiger partial charge < -0.3 is 13.9 Å². The standard InChI is InChI=1S/C18H18N2O2/c1-3-10-20(13-14-7-5-4-6-8-14)18(21)16-12-17-15(19(16)2)9-11-22-17/h3-9,11-12H,1,10,13H2,2H3. The van der Waals surface area contributed by atoms with Crippen LogP contribution in [0.2, 0.25) is 0 Å². The highest BCUT2D eigenvalue weighted by Crippen LogP contribution is 2.21. The molecule has 4 heteroatoms. The molecule has 2 aromatic heterocycles. The number of hydrogen-bond acceptors (Lipinski definition) is 2. The maximum absolute atomic E-state index is 12.8. The lowest BCUT2D eigenvalue weighted by Gasteiger charge is -2.21. The molecule has 0 saturated carbocycles. The second-order valence-corrected chi connectivity index (χ2v) is 5.22. The lowest BCUT2D eigenvalue weighted by atomic mass is 10.2. The van der Waals surface area contributed by atoms with Crippen molar-refractivity contribution < 1.29 is 9.21 Å². The van der Waals surface area contributed by atoms with Crippen LogP contribution >= 0.6 is 0 Å². The van der Waals surface area contributed by atoms with Gasteiger partial charge in [0.25, 0.3) is 5.91 Å². The third kappa shape index (κ3) is 2.55. The Hall–Kier alpha value is -2.75. The van der Waals surface area contributed by atoms with E-state index < -0.39 is 0 Å². The van der Waals surface area contributed by atoms with Crippen LogP contribution < -0.4 is 0 Å². The number of benzene rings is 1. The quantitative estimate of drug-likeness (QED) is 0.674. The van der Waals surface area contributed by atoms with Crippen LogP contribution in [0.25, 0.3) is 11.1 Å². The Morgan fingerprint density at radius 1 is 1.32 bits per heavy atom. The molecule has 112 valence electrons. The molecule has 0 aliphatic heterocycles. The first-order valence-electron chi connectivity index (χ1n) is 7.17. The number of aromatic nitrogens is 1. The van der Waals surface area contributed by atoms with Crippen LogP contribution in [0.4, 0.5) is 0 Å². The molecule has 0 spiro atoms. The van der Waals surface area contributed by atoms with Crippen LogP contribution in [0.15, 0.2) is 65.8 Å². The zero-order valence-corrected chi connectivity index (χ0v) is 12.5. The highest BCUT2D eigenvalue weighted by Gasteiger charge is 2.20. The van der Waals surface area contributed by atoms with Crippen LogP contribution in [0.5, 0.6) is 0 Å². The molecule has 1 amide bonds. The highest BCUT2D eigenvalue weighted by atomic mass is 16.3. The molecule has 3 aromatic rings. The normalized spacial score (nSPS) is 10.8. The molecule has 0 saturated heterocycles. The van der Waals surface area contributed by atoms with E-state index in [9.17, 15) is 4.79 Å². The average molecular weight is 294 g/mol. The van der Waals surface area contributed by atoms with Gasteiger partial charge >= 0.3 is 0 Å². The average Bonchev–Trinajstić information content (AvgIpc) is 3.11. The largest absolute Gasteiger partial charge is 0.463 e. The van der Waals surface area contributed by atoms with Gasteiger partial charge in [-0.2, -0.15) is 0 Å². The number of hydrogen-bond donors (Lipinski definition) is 0. The second kappa shape index (κ2) is 5.93. The summed E-state index contributed by atoms with van der Waals surface area (Å²) in [5.41, 5.74) is 3.36. The van der Waals surface area contributed by atoms with E-state index >= 15 is 0 Å². The van der Waals surface area contributed by atoms with Crippen molar-refractivity contribution in [1.82, 2.24) is 9.47 Å². The lowest BCUT2D eigenvalue weighted by Crippen LogP contribution is -2.32. The number of carbonyl (C=O) groups excluding carboxylic acids is 1. The highest BCUT2D eigenvalue weighted by molar-refractivity contribution is 5.97. The van der Waals surface area contributed by atoms with Crippen LogP contribution in [-0.4, -0.2) is 21.9 Å². The third-order valence-corrected chi connectivity index (χ3v) is 3.74. The Labute approximate surface area is 129 Å². The molecule has 0 aliphatic rings. The van der Waals surface area contributed by atoms with Gasteiger partial charge in [-0.25, -0.2) is 0 Å². The Bertz CT molecular complexity index is 799. The molecular formula is C18H18N2O2. The molecule has 0 radical (unpaired) electrons. The number of aryl methyl sites for hydroxylation is 1. The third-order valence-electron chi connectivity index (χ3n) is 3.74. The van der Waals surface area contributed by atoms with Crippen molar-refractivity contribution in [2.45, 2.75) is 6.54 Å². The summed E-state index contributed by atoms with van der Waals surface area (Å²) < 4.78 is 7.24. The Morgan fingerprint density at radius 3 is 2.77 bits per heavy atom. The number of fused-ring (bicyclic) bond motifs is 1. The number of nitrogens with zero attached hydrogens (tertiary/aromatic N) is 2. The summed E-state index contributed by atoms with van der Waals surface area (Å²) in [6.07, 6.45) is 3.37. The van der Waals surface area contributed by atoms with Gasteiger partial charge in [-0.3, -0.25) is 4.79 Å². The summed E-state index contributed by atoms with van der Waals surface area (Å²) in [5, 5.41) is 0. The molecule has 2 heterocycles. The first-order chi connectivity index (χ1) is 10.7. The van der Waals surface area contributed by atoms with Crippen molar-refractivity contribution in [2.24, 2.45) is 7.05 Å². The van der Waals surface area contributed by atoms with E-state index in [1.54, 1.807) is 23.3 Å². The molecule has 0 fully saturated rings. The number of carbonyl (C=O) groups is 1. The predicted octanol–water partition coefficient (Wildman–Crippen LogP) is 3.60. The van der Waals surface area contributed by atoms with Crippen molar-refractivity contribution in [3.05, 3.63) is 72.6 Å². The maximum atomic E-state index is 12.8. The number of furan rings is 1. The molecule has 0 N–H and O–H groups in total. The van der Waals surface area contributed by atoms with Crippen molar-refractivity contribution in [3.63, 3.8) is 0 Å². The van der Waals surface area contributed by atoms with E-state index in [-0.39, 0.29) is 5.91 Å². The smallest absolute Gasteiger partial charge is 0.271 e. The summed E-state index contributed by atoms with van der Waals surface area (Å²) in [4.78, 5) is 14.6. The fourth-order valence-electron chi connectivity index (χ4n) is 2.60. The van der Waals surface area contributed by atoms with E-state index in [1.807, 2.05) is 48.0 Å². The zero-order chi connectivity index (χ0) is 15.5. The van der Waals surface area contributed by atoms with Crippen molar-refractivity contribution in [3.8, 4) is 0 Å². The molecule has 0 bridgehead atoms. The SMILES string of the molecule is C=CCN(Cc1ccccc1)C(=O)c1cc2occc2n1C. The Morgan fingerprint density at radius 2 is 2.09 bits per heavy atom. The lowest BCUT2D eigenvalue weighted by molar-refractivity contribution is 0.0753. The Balaban J connectivity index is 1.90. The molecule has 22 heavy (non-hydrogen) atoms. The molecule has 0 atom stereocenters. The van der Waals surface area contributed by atoms with Gasteiger partial charge in [0.1, 0.15) is 5.69 Å². The predicted molar refractivity (Wildman–Crippen MR) is 86.6 cm³/mol. The molecule has 1 aromatic carbocycles. The van der Waals surface area contributed by atoms with Gasteiger partial charge in [-0.05, 0) is 5.56 Å².